The van der Waals surface area contributed by atoms with Crippen molar-refractivity contribution in [1.29, 1.82) is 0 Å². The van der Waals surface area contributed by atoms with Gasteiger partial charge in [-0.2, -0.15) is 0 Å². The van der Waals surface area contributed by atoms with Crippen LogP contribution in [0.2, 0.25) is 0 Å². The summed E-state index contributed by atoms with van der Waals surface area (Å²) in [5.41, 5.74) is 0.983. The second-order valence-electron chi connectivity index (χ2n) is 6.26. The Morgan fingerprint density at radius 1 is 1.00 bits per heavy atom. The Morgan fingerprint density at radius 2 is 1.79 bits per heavy atom. The number of anilines is 2. The number of nitrogens with one attached hydrogen (secondary N) is 3. The minimum Gasteiger partial charge on any atom is -0.469 e. The van der Waals surface area contributed by atoms with Crippen LogP contribution >= 0.6 is 0 Å². The third-order valence-electron chi connectivity index (χ3n) is 4.21. The van der Waals surface area contributed by atoms with E-state index < -0.39 is 17.8 Å². The first-order valence-corrected chi connectivity index (χ1v) is 8.87. The highest BCUT2D eigenvalue weighted by Gasteiger charge is 2.14. The van der Waals surface area contributed by atoms with Crippen LogP contribution in [-0.4, -0.2) is 18.5 Å². The number of urea groups is 1. The van der Waals surface area contributed by atoms with E-state index in [1.807, 2.05) is 0 Å². The van der Waals surface area contributed by atoms with Gasteiger partial charge < -0.3 is 20.4 Å². The van der Waals surface area contributed by atoms with Gasteiger partial charge in [0.15, 0.2) is 0 Å². The van der Waals surface area contributed by atoms with E-state index in [-0.39, 0.29) is 29.3 Å². The fourth-order valence-corrected chi connectivity index (χ4v) is 2.70. The Bertz CT molecular complexity index is 1030. The quantitative estimate of drug-likeness (QED) is 0.571. The summed E-state index contributed by atoms with van der Waals surface area (Å²) in [6.07, 6.45) is 1.69. The third kappa shape index (κ3) is 5.19. The highest BCUT2D eigenvalue weighted by atomic mass is 19.1. The Morgan fingerprint density at radius 3 is 2.52 bits per heavy atom. The Kier molecular flexibility index (Phi) is 6.23. The molecule has 3 N–H and O–H groups in total. The van der Waals surface area contributed by atoms with E-state index in [0.717, 1.165) is 6.07 Å². The lowest BCUT2D eigenvalue weighted by molar-refractivity contribution is 0.102. The summed E-state index contributed by atoms with van der Waals surface area (Å²) >= 11 is 0. The molecule has 0 aliphatic rings. The van der Waals surface area contributed by atoms with Crippen molar-refractivity contribution in [3.05, 3.63) is 83.3 Å². The van der Waals surface area contributed by atoms with Gasteiger partial charge in [0.2, 0.25) is 0 Å². The van der Waals surface area contributed by atoms with Crippen molar-refractivity contribution < 1.29 is 22.8 Å². The first-order chi connectivity index (χ1) is 13.9. The maximum atomic E-state index is 14.0. The van der Waals surface area contributed by atoms with Gasteiger partial charge in [0, 0.05) is 12.2 Å². The minimum atomic E-state index is -0.648. The SMILES string of the molecule is Cc1occc1C(=O)Nc1cc(NC(=O)NCCc2ccccc2F)ccc1F. The summed E-state index contributed by atoms with van der Waals surface area (Å²) in [4.78, 5) is 24.2. The molecule has 0 radical (unpaired) electrons. The Hall–Kier alpha value is -3.68. The molecule has 0 bridgehead atoms. The molecule has 0 saturated heterocycles. The van der Waals surface area contributed by atoms with E-state index in [0.29, 0.717) is 17.7 Å². The van der Waals surface area contributed by atoms with Crippen molar-refractivity contribution in [2.45, 2.75) is 13.3 Å². The van der Waals surface area contributed by atoms with E-state index >= 15 is 0 Å². The lowest BCUT2D eigenvalue weighted by Crippen LogP contribution is -2.30. The number of furan rings is 1. The average molecular weight is 399 g/mol. The molecule has 1 aromatic heterocycles. The van der Waals surface area contributed by atoms with Crippen molar-refractivity contribution >= 4 is 23.3 Å². The molecule has 29 heavy (non-hydrogen) atoms. The second kappa shape index (κ2) is 9.01. The number of amides is 3. The lowest BCUT2D eigenvalue weighted by Gasteiger charge is -2.11. The topological polar surface area (TPSA) is 83.4 Å². The highest BCUT2D eigenvalue weighted by molar-refractivity contribution is 6.05. The molecule has 0 unspecified atom stereocenters. The number of aryl methyl sites for hydroxylation is 1. The first kappa shape index (κ1) is 20.1. The Balaban J connectivity index is 1.57. The fraction of sp³-hybridized carbons (Fsp3) is 0.143. The van der Waals surface area contributed by atoms with Crippen LogP contribution in [0.25, 0.3) is 0 Å². The number of carbonyl (C=O) groups is 2. The van der Waals surface area contributed by atoms with Crippen LogP contribution in [0.15, 0.2) is 59.2 Å². The number of hydrogen-bond donors (Lipinski definition) is 3. The molecule has 2 aromatic carbocycles. The normalized spacial score (nSPS) is 10.4. The van der Waals surface area contributed by atoms with E-state index in [1.54, 1.807) is 25.1 Å². The van der Waals surface area contributed by atoms with Crippen LogP contribution in [0.4, 0.5) is 25.0 Å². The van der Waals surface area contributed by atoms with Crippen LogP contribution in [0.3, 0.4) is 0 Å². The molecule has 0 spiro atoms. The van der Waals surface area contributed by atoms with Crippen molar-refractivity contribution in [3.8, 4) is 0 Å². The molecule has 8 heteroatoms. The van der Waals surface area contributed by atoms with Gasteiger partial charge in [-0.25, -0.2) is 13.6 Å². The summed E-state index contributed by atoms with van der Waals surface area (Å²) in [5, 5.41) is 7.60. The number of benzene rings is 2. The largest absolute Gasteiger partial charge is 0.469 e. The molecule has 3 aromatic rings. The van der Waals surface area contributed by atoms with Crippen molar-refractivity contribution in [2.24, 2.45) is 0 Å². The molecule has 3 rings (SSSR count). The van der Waals surface area contributed by atoms with Gasteiger partial charge in [0.1, 0.15) is 17.4 Å². The van der Waals surface area contributed by atoms with Crippen LogP contribution in [-0.2, 0) is 6.42 Å². The number of carbonyl (C=O) groups excluding carboxylic acids is 2. The van der Waals surface area contributed by atoms with Crippen LogP contribution < -0.4 is 16.0 Å². The van der Waals surface area contributed by atoms with Gasteiger partial charge in [-0.05, 0) is 49.2 Å². The molecule has 0 saturated carbocycles. The monoisotopic (exact) mass is 399 g/mol. The predicted octanol–water partition coefficient (Wildman–Crippen LogP) is 4.48. The van der Waals surface area contributed by atoms with Crippen LogP contribution in [0.1, 0.15) is 21.7 Å². The highest BCUT2D eigenvalue weighted by Crippen LogP contribution is 2.21. The zero-order valence-electron chi connectivity index (χ0n) is 15.6. The molecule has 3 amide bonds. The van der Waals surface area contributed by atoms with Gasteiger partial charge >= 0.3 is 6.03 Å². The number of hydrogen-bond acceptors (Lipinski definition) is 3. The summed E-state index contributed by atoms with van der Waals surface area (Å²) in [6.45, 7) is 1.84. The third-order valence-corrected chi connectivity index (χ3v) is 4.21. The summed E-state index contributed by atoms with van der Waals surface area (Å²) in [6, 6.07) is 11.1. The summed E-state index contributed by atoms with van der Waals surface area (Å²) in [5.74, 6) is -1.10. The van der Waals surface area contributed by atoms with E-state index in [4.69, 9.17) is 4.42 Å². The van der Waals surface area contributed by atoms with Gasteiger partial charge in [-0.1, -0.05) is 18.2 Å². The van der Waals surface area contributed by atoms with E-state index in [9.17, 15) is 18.4 Å². The summed E-state index contributed by atoms with van der Waals surface area (Å²) < 4.78 is 32.7. The molecular formula is C21H19F2N3O3. The smallest absolute Gasteiger partial charge is 0.319 e. The number of halogens is 2. The molecular weight excluding hydrogens is 380 g/mol. The average Bonchev–Trinajstić information content (AvgIpc) is 3.12. The number of rotatable bonds is 6. The van der Waals surface area contributed by atoms with E-state index in [2.05, 4.69) is 16.0 Å². The second-order valence-corrected chi connectivity index (χ2v) is 6.26. The molecule has 0 aliphatic heterocycles. The predicted molar refractivity (Wildman–Crippen MR) is 105 cm³/mol. The van der Waals surface area contributed by atoms with Crippen LogP contribution in [0, 0.1) is 18.6 Å². The summed E-state index contributed by atoms with van der Waals surface area (Å²) in [7, 11) is 0. The molecule has 150 valence electrons. The van der Waals surface area contributed by atoms with Crippen molar-refractivity contribution in [2.75, 3.05) is 17.2 Å². The fourth-order valence-electron chi connectivity index (χ4n) is 2.70. The van der Waals surface area contributed by atoms with Crippen molar-refractivity contribution in [3.63, 3.8) is 0 Å². The standard InChI is InChI=1S/C21H19F2N3O3/c1-13-16(9-11-29-13)20(27)26-19-12-15(6-7-18(19)23)25-21(28)24-10-8-14-4-2-3-5-17(14)22/h2-7,9,11-12H,8,10H2,1H3,(H,26,27)(H2,24,25,28). The molecule has 0 atom stereocenters. The van der Waals surface area contributed by atoms with Gasteiger partial charge in [0.05, 0.1) is 17.5 Å². The first-order valence-electron chi connectivity index (χ1n) is 8.87. The zero-order chi connectivity index (χ0) is 20.8. The molecule has 0 aliphatic carbocycles. The van der Waals surface area contributed by atoms with Crippen LogP contribution in [0.5, 0.6) is 0 Å². The van der Waals surface area contributed by atoms with Gasteiger partial charge in [0.25, 0.3) is 5.91 Å². The molecule has 1 heterocycles. The molecule has 0 fully saturated rings. The maximum absolute atomic E-state index is 14.0. The van der Waals surface area contributed by atoms with Gasteiger partial charge in [-0.3, -0.25) is 4.79 Å². The minimum absolute atomic E-state index is 0.0836. The lowest BCUT2D eigenvalue weighted by atomic mass is 10.1. The van der Waals surface area contributed by atoms with Crippen molar-refractivity contribution in [1.82, 2.24) is 5.32 Å². The zero-order valence-corrected chi connectivity index (χ0v) is 15.6. The Labute approximate surface area is 165 Å². The maximum Gasteiger partial charge on any atom is 0.319 e. The van der Waals surface area contributed by atoms with Gasteiger partial charge in [-0.15, -0.1) is 0 Å². The van der Waals surface area contributed by atoms with E-state index in [1.165, 1.54) is 30.5 Å². The molecule has 6 nitrogen and oxygen atoms in total.